The van der Waals surface area contributed by atoms with E-state index in [2.05, 4.69) is 10.6 Å². The zero-order valence-electron chi connectivity index (χ0n) is 9.85. The molecule has 1 heterocycles. The summed E-state index contributed by atoms with van der Waals surface area (Å²) in [5, 5.41) is 7.31. The van der Waals surface area contributed by atoms with Crippen molar-refractivity contribution in [2.75, 3.05) is 26.8 Å². The van der Waals surface area contributed by atoms with Crippen molar-refractivity contribution < 1.29 is 4.74 Å². The van der Waals surface area contributed by atoms with Crippen LogP contribution in [0.3, 0.4) is 0 Å². The molecule has 0 amide bonds. The van der Waals surface area contributed by atoms with Gasteiger partial charge in [-0.15, -0.1) is 0 Å². The van der Waals surface area contributed by atoms with Crippen LogP contribution in [-0.4, -0.2) is 38.4 Å². The predicted molar refractivity (Wildman–Crippen MR) is 62.1 cm³/mol. The summed E-state index contributed by atoms with van der Waals surface area (Å²) in [6, 6.07) is 0.765. The first kappa shape index (κ1) is 11.4. The van der Waals surface area contributed by atoms with E-state index in [1.54, 1.807) is 7.11 Å². The molecule has 1 saturated heterocycles. The highest BCUT2D eigenvalue weighted by molar-refractivity contribution is 4.96. The molecule has 15 heavy (non-hydrogen) atoms. The molecule has 0 aromatic rings. The first-order valence-corrected chi connectivity index (χ1v) is 6.32. The fraction of sp³-hybridized carbons (Fsp3) is 1.00. The van der Waals surface area contributed by atoms with Crippen molar-refractivity contribution in [3.05, 3.63) is 0 Å². The zero-order valence-corrected chi connectivity index (χ0v) is 9.85. The van der Waals surface area contributed by atoms with Gasteiger partial charge in [0, 0.05) is 19.7 Å². The molecule has 2 rings (SSSR count). The van der Waals surface area contributed by atoms with E-state index in [-0.39, 0.29) is 5.54 Å². The van der Waals surface area contributed by atoms with Crippen LogP contribution in [0.15, 0.2) is 0 Å². The molecule has 3 nitrogen and oxygen atoms in total. The average Bonchev–Trinajstić information content (AvgIpc) is 2.85. The van der Waals surface area contributed by atoms with E-state index in [1.807, 2.05) is 0 Å². The molecule has 1 aliphatic heterocycles. The molecule has 2 N–H and O–H groups in total. The minimum atomic E-state index is 0.220. The Morgan fingerprint density at radius 1 is 1.33 bits per heavy atom. The van der Waals surface area contributed by atoms with E-state index in [1.165, 1.54) is 38.5 Å². The molecule has 0 aromatic heterocycles. The Morgan fingerprint density at radius 3 is 2.73 bits per heavy atom. The molecule has 2 fully saturated rings. The Labute approximate surface area is 93.0 Å². The number of rotatable bonds is 5. The highest BCUT2D eigenvalue weighted by Crippen LogP contribution is 2.22. The summed E-state index contributed by atoms with van der Waals surface area (Å²) < 4.78 is 5.34. The molecular formula is C12H24N2O. The summed E-state index contributed by atoms with van der Waals surface area (Å²) >= 11 is 0. The Hall–Kier alpha value is -0.120. The lowest BCUT2D eigenvalue weighted by Gasteiger charge is -2.30. The molecule has 1 unspecified atom stereocenters. The van der Waals surface area contributed by atoms with Crippen LogP contribution in [0.5, 0.6) is 0 Å². The van der Waals surface area contributed by atoms with Crippen LogP contribution in [-0.2, 0) is 4.74 Å². The molecule has 2 aliphatic rings. The second-order valence-electron chi connectivity index (χ2n) is 5.11. The maximum absolute atomic E-state index is 5.34. The summed E-state index contributed by atoms with van der Waals surface area (Å²) in [7, 11) is 1.80. The summed E-state index contributed by atoms with van der Waals surface area (Å²) in [5.74, 6) is 0. The standard InChI is InChI=1S/C12H24N2O/c1-15-10-12(7-4-8-14-12)9-13-11-5-2-3-6-11/h11,13-14H,2-10H2,1H3. The predicted octanol–water partition coefficient (Wildman–Crippen LogP) is 1.29. The van der Waals surface area contributed by atoms with Crippen molar-refractivity contribution >= 4 is 0 Å². The van der Waals surface area contributed by atoms with Crippen molar-refractivity contribution in [3.63, 3.8) is 0 Å². The van der Waals surface area contributed by atoms with Crippen LogP contribution >= 0.6 is 0 Å². The lowest BCUT2D eigenvalue weighted by atomic mass is 9.98. The quantitative estimate of drug-likeness (QED) is 0.720. The highest BCUT2D eigenvalue weighted by Gasteiger charge is 2.33. The molecule has 0 radical (unpaired) electrons. The van der Waals surface area contributed by atoms with Crippen LogP contribution in [0.25, 0.3) is 0 Å². The molecule has 0 spiro atoms. The minimum Gasteiger partial charge on any atom is -0.383 e. The summed E-state index contributed by atoms with van der Waals surface area (Å²) in [4.78, 5) is 0. The van der Waals surface area contributed by atoms with E-state index < -0.39 is 0 Å². The summed E-state index contributed by atoms with van der Waals surface area (Å²) in [5.41, 5.74) is 0.220. The number of hydrogen-bond acceptors (Lipinski definition) is 3. The average molecular weight is 212 g/mol. The first-order valence-electron chi connectivity index (χ1n) is 6.32. The van der Waals surface area contributed by atoms with Crippen LogP contribution < -0.4 is 10.6 Å². The van der Waals surface area contributed by atoms with Crippen LogP contribution in [0.1, 0.15) is 38.5 Å². The van der Waals surface area contributed by atoms with Crippen molar-refractivity contribution in [2.24, 2.45) is 0 Å². The van der Waals surface area contributed by atoms with Gasteiger partial charge < -0.3 is 15.4 Å². The monoisotopic (exact) mass is 212 g/mol. The van der Waals surface area contributed by atoms with E-state index in [9.17, 15) is 0 Å². The van der Waals surface area contributed by atoms with Gasteiger partial charge in [0.05, 0.1) is 12.1 Å². The summed E-state index contributed by atoms with van der Waals surface area (Å²) in [6.45, 7) is 3.06. The minimum absolute atomic E-state index is 0.220. The van der Waals surface area contributed by atoms with Gasteiger partial charge in [-0.25, -0.2) is 0 Å². The third kappa shape index (κ3) is 2.92. The van der Waals surface area contributed by atoms with E-state index in [0.717, 1.165) is 25.7 Å². The van der Waals surface area contributed by atoms with Gasteiger partial charge in [0.1, 0.15) is 0 Å². The third-order valence-electron chi connectivity index (χ3n) is 3.84. The maximum atomic E-state index is 5.34. The second-order valence-corrected chi connectivity index (χ2v) is 5.11. The lowest BCUT2D eigenvalue weighted by Crippen LogP contribution is -2.53. The number of hydrogen-bond donors (Lipinski definition) is 2. The molecule has 0 bridgehead atoms. The molecule has 3 heteroatoms. The molecular weight excluding hydrogens is 188 g/mol. The smallest absolute Gasteiger partial charge is 0.0656 e. The third-order valence-corrected chi connectivity index (χ3v) is 3.84. The topological polar surface area (TPSA) is 33.3 Å². The fourth-order valence-electron chi connectivity index (χ4n) is 2.94. The van der Waals surface area contributed by atoms with Gasteiger partial charge in [-0.05, 0) is 32.2 Å². The normalized spacial score (nSPS) is 32.6. The SMILES string of the molecule is COCC1(CNC2CCCC2)CCCN1. The Balaban J connectivity index is 1.78. The number of ether oxygens (including phenoxy) is 1. The van der Waals surface area contributed by atoms with Crippen molar-refractivity contribution in [3.8, 4) is 0 Å². The van der Waals surface area contributed by atoms with Gasteiger partial charge >= 0.3 is 0 Å². The molecule has 0 aromatic carbocycles. The van der Waals surface area contributed by atoms with Crippen LogP contribution in [0, 0.1) is 0 Å². The Bertz CT molecular complexity index is 184. The fourth-order valence-corrected chi connectivity index (χ4v) is 2.94. The van der Waals surface area contributed by atoms with E-state index in [4.69, 9.17) is 4.74 Å². The van der Waals surface area contributed by atoms with Crippen molar-refractivity contribution in [2.45, 2.75) is 50.1 Å². The van der Waals surface area contributed by atoms with Crippen molar-refractivity contribution in [1.29, 1.82) is 0 Å². The number of nitrogens with one attached hydrogen (secondary N) is 2. The van der Waals surface area contributed by atoms with Gasteiger partial charge in [-0.2, -0.15) is 0 Å². The highest BCUT2D eigenvalue weighted by atomic mass is 16.5. The van der Waals surface area contributed by atoms with Gasteiger partial charge in [-0.1, -0.05) is 12.8 Å². The molecule has 1 saturated carbocycles. The van der Waals surface area contributed by atoms with Gasteiger partial charge in [0.25, 0.3) is 0 Å². The first-order chi connectivity index (χ1) is 7.35. The second kappa shape index (κ2) is 5.28. The van der Waals surface area contributed by atoms with Crippen LogP contribution in [0.2, 0.25) is 0 Å². The van der Waals surface area contributed by atoms with E-state index in [0.29, 0.717) is 0 Å². The summed E-state index contributed by atoms with van der Waals surface area (Å²) in [6.07, 6.45) is 8.08. The van der Waals surface area contributed by atoms with Crippen molar-refractivity contribution in [1.82, 2.24) is 10.6 Å². The van der Waals surface area contributed by atoms with Gasteiger partial charge in [-0.3, -0.25) is 0 Å². The Kier molecular flexibility index (Phi) is 4.00. The largest absolute Gasteiger partial charge is 0.383 e. The van der Waals surface area contributed by atoms with E-state index >= 15 is 0 Å². The lowest BCUT2D eigenvalue weighted by molar-refractivity contribution is 0.117. The maximum Gasteiger partial charge on any atom is 0.0656 e. The number of methoxy groups -OCH3 is 1. The van der Waals surface area contributed by atoms with Gasteiger partial charge in [0.15, 0.2) is 0 Å². The Morgan fingerprint density at radius 2 is 2.13 bits per heavy atom. The zero-order chi connectivity index (χ0) is 10.6. The molecule has 1 atom stereocenters. The van der Waals surface area contributed by atoms with Gasteiger partial charge in [0.2, 0.25) is 0 Å². The molecule has 1 aliphatic carbocycles. The molecule has 88 valence electrons. The van der Waals surface area contributed by atoms with Crippen LogP contribution in [0.4, 0.5) is 0 Å².